The second-order valence-corrected chi connectivity index (χ2v) is 5.27. The van der Waals surface area contributed by atoms with Crippen molar-refractivity contribution in [1.82, 2.24) is 5.32 Å². The van der Waals surface area contributed by atoms with Crippen LogP contribution in [0.2, 0.25) is 0 Å². The highest BCUT2D eigenvalue weighted by molar-refractivity contribution is 5.69. The maximum absolute atomic E-state index is 10.9. The van der Waals surface area contributed by atoms with E-state index in [0.717, 1.165) is 0 Å². The molecule has 2 aliphatic rings. The molecule has 1 unspecified atom stereocenters. The first-order valence-electron chi connectivity index (χ1n) is 4.80. The molecule has 1 aliphatic heterocycles. The lowest BCUT2D eigenvalue weighted by Gasteiger charge is -2.08. The van der Waals surface area contributed by atoms with E-state index in [-0.39, 0.29) is 12.1 Å². The molecule has 0 radical (unpaired) electrons. The fourth-order valence-corrected chi connectivity index (χ4v) is 2.83. The predicted octanol–water partition coefficient (Wildman–Crippen LogP) is 1.78. The molecule has 2 rings (SSSR count). The van der Waals surface area contributed by atoms with Crippen molar-refractivity contribution < 1.29 is 9.53 Å². The van der Waals surface area contributed by atoms with Crippen molar-refractivity contribution in [3.8, 4) is 0 Å². The summed E-state index contributed by atoms with van der Waals surface area (Å²) in [6, 6.07) is 0.220. The molecule has 0 aromatic rings. The molecule has 1 heterocycles. The Kier molecular flexibility index (Phi) is 1.49. The maximum Gasteiger partial charge on any atom is 0.407 e. The summed E-state index contributed by atoms with van der Waals surface area (Å²) in [5.41, 5.74) is 0.636. The van der Waals surface area contributed by atoms with Gasteiger partial charge in [-0.3, -0.25) is 0 Å². The minimum Gasteiger partial charge on any atom is -0.447 e. The van der Waals surface area contributed by atoms with Gasteiger partial charge in [-0.2, -0.15) is 0 Å². The Morgan fingerprint density at radius 3 is 2.15 bits per heavy atom. The minimum atomic E-state index is -0.261. The largest absolute Gasteiger partial charge is 0.447 e. The van der Waals surface area contributed by atoms with Crippen molar-refractivity contribution in [1.29, 1.82) is 0 Å². The van der Waals surface area contributed by atoms with Gasteiger partial charge in [-0.15, -0.1) is 0 Å². The topological polar surface area (TPSA) is 38.3 Å². The Bertz CT molecular complexity index is 244. The van der Waals surface area contributed by atoms with Gasteiger partial charge in [0.25, 0.3) is 0 Å². The number of alkyl carbamates (subject to hydrolysis) is 1. The summed E-state index contributed by atoms with van der Waals surface area (Å²) in [4.78, 5) is 10.9. The van der Waals surface area contributed by atoms with E-state index in [4.69, 9.17) is 4.74 Å². The van der Waals surface area contributed by atoms with Crippen LogP contribution in [0.1, 0.15) is 27.7 Å². The summed E-state index contributed by atoms with van der Waals surface area (Å²) in [5.74, 6) is 0.548. The number of nitrogens with one attached hydrogen (secondary N) is 1. The van der Waals surface area contributed by atoms with E-state index in [9.17, 15) is 4.79 Å². The summed E-state index contributed by atoms with van der Waals surface area (Å²) in [7, 11) is 0. The molecule has 2 fully saturated rings. The Hall–Kier alpha value is -0.730. The highest BCUT2D eigenvalue weighted by Crippen LogP contribution is 2.69. The summed E-state index contributed by atoms with van der Waals surface area (Å²) in [6.45, 7) is 9.55. The first kappa shape index (κ1) is 8.85. The smallest absolute Gasteiger partial charge is 0.407 e. The van der Waals surface area contributed by atoms with Crippen LogP contribution in [0.25, 0.3) is 0 Å². The minimum absolute atomic E-state index is 0.220. The van der Waals surface area contributed by atoms with Crippen LogP contribution in [0.5, 0.6) is 0 Å². The number of amides is 1. The number of ether oxygens (including phenoxy) is 1. The fraction of sp³-hybridized carbons (Fsp3) is 0.900. The van der Waals surface area contributed by atoms with Gasteiger partial charge in [0.1, 0.15) is 6.61 Å². The average Bonchev–Trinajstić information content (AvgIpc) is 2.32. The van der Waals surface area contributed by atoms with Crippen LogP contribution in [-0.4, -0.2) is 18.7 Å². The zero-order valence-corrected chi connectivity index (χ0v) is 8.68. The number of carbonyl (C=O) groups is 1. The molecular weight excluding hydrogens is 166 g/mol. The van der Waals surface area contributed by atoms with E-state index >= 15 is 0 Å². The third-order valence-corrected chi connectivity index (χ3v) is 4.23. The van der Waals surface area contributed by atoms with Crippen molar-refractivity contribution in [3.63, 3.8) is 0 Å². The second kappa shape index (κ2) is 2.20. The standard InChI is InChI=1S/C10H17NO2/c1-9(2)7(10(9,3)4)6-5-13-8(12)11-6/h6-7H,5H2,1-4H3,(H,11,12). The molecule has 1 amide bonds. The lowest BCUT2D eigenvalue weighted by atomic mass is 10.0. The number of rotatable bonds is 1. The molecule has 74 valence electrons. The average molecular weight is 183 g/mol. The quantitative estimate of drug-likeness (QED) is 0.673. The summed E-state index contributed by atoms with van der Waals surface area (Å²) < 4.78 is 4.90. The second-order valence-electron chi connectivity index (χ2n) is 5.27. The molecule has 0 spiro atoms. The van der Waals surface area contributed by atoms with Crippen molar-refractivity contribution >= 4 is 6.09 Å². The van der Waals surface area contributed by atoms with Gasteiger partial charge >= 0.3 is 6.09 Å². The van der Waals surface area contributed by atoms with Crippen LogP contribution in [0.3, 0.4) is 0 Å². The van der Waals surface area contributed by atoms with Crippen LogP contribution in [0.4, 0.5) is 4.79 Å². The van der Waals surface area contributed by atoms with Crippen LogP contribution in [0.15, 0.2) is 0 Å². The highest BCUT2D eigenvalue weighted by Gasteiger charge is 2.68. The molecule has 0 aromatic heterocycles. The van der Waals surface area contributed by atoms with Gasteiger partial charge in [-0.25, -0.2) is 4.79 Å². The monoisotopic (exact) mass is 183 g/mol. The zero-order chi connectivity index (χ0) is 9.85. The van der Waals surface area contributed by atoms with Gasteiger partial charge < -0.3 is 10.1 Å². The molecule has 3 heteroatoms. The van der Waals surface area contributed by atoms with E-state index in [1.165, 1.54) is 0 Å². The van der Waals surface area contributed by atoms with E-state index < -0.39 is 0 Å². The molecule has 13 heavy (non-hydrogen) atoms. The molecule has 0 aromatic carbocycles. The molecule has 0 bridgehead atoms. The first-order valence-corrected chi connectivity index (χ1v) is 4.80. The maximum atomic E-state index is 10.9. The first-order chi connectivity index (χ1) is 5.87. The molecule has 1 saturated heterocycles. The van der Waals surface area contributed by atoms with Crippen molar-refractivity contribution in [3.05, 3.63) is 0 Å². The summed E-state index contributed by atoms with van der Waals surface area (Å²) in [5, 5.41) is 2.87. The highest BCUT2D eigenvalue weighted by atomic mass is 16.6. The van der Waals surface area contributed by atoms with Crippen molar-refractivity contribution in [2.75, 3.05) is 6.61 Å². The van der Waals surface area contributed by atoms with Crippen LogP contribution < -0.4 is 5.32 Å². The SMILES string of the molecule is CC1(C)C(C2COC(=O)N2)C1(C)C. The summed E-state index contributed by atoms with van der Waals surface area (Å²) in [6.07, 6.45) is -0.261. The number of hydrogen-bond donors (Lipinski definition) is 1. The zero-order valence-electron chi connectivity index (χ0n) is 8.68. The molecule has 3 nitrogen and oxygen atoms in total. The normalized spacial score (nSPS) is 35.4. The van der Waals surface area contributed by atoms with Gasteiger partial charge in [0.2, 0.25) is 0 Å². The summed E-state index contributed by atoms with van der Waals surface area (Å²) >= 11 is 0. The van der Waals surface area contributed by atoms with Gasteiger partial charge in [0.15, 0.2) is 0 Å². The van der Waals surface area contributed by atoms with Gasteiger partial charge in [-0.05, 0) is 16.7 Å². The predicted molar refractivity (Wildman–Crippen MR) is 49.3 cm³/mol. The van der Waals surface area contributed by atoms with Gasteiger partial charge in [-0.1, -0.05) is 27.7 Å². The number of hydrogen-bond acceptors (Lipinski definition) is 2. The van der Waals surface area contributed by atoms with E-state index in [0.29, 0.717) is 23.4 Å². The lowest BCUT2D eigenvalue weighted by Crippen LogP contribution is -2.30. The molecule has 1 aliphatic carbocycles. The molecular formula is C10H17NO2. The third kappa shape index (κ3) is 0.990. The van der Waals surface area contributed by atoms with Gasteiger partial charge in [0, 0.05) is 0 Å². The van der Waals surface area contributed by atoms with Crippen LogP contribution in [0, 0.1) is 16.7 Å². The fourth-order valence-electron chi connectivity index (χ4n) is 2.83. The molecule has 1 atom stereocenters. The number of carbonyl (C=O) groups excluding carboxylic acids is 1. The van der Waals surface area contributed by atoms with Crippen LogP contribution in [-0.2, 0) is 4.74 Å². The van der Waals surface area contributed by atoms with E-state index in [1.54, 1.807) is 0 Å². The van der Waals surface area contributed by atoms with E-state index in [2.05, 4.69) is 33.0 Å². The third-order valence-electron chi connectivity index (χ3n) is 4.23. The van der Waals surface area contributed by atoms with E-state index in [1.807, 2.05) is 0 Å². The molecule has 1 saturated carbocycles. The molecule has 1 N–H and O–H groups in total. The Labute approximate surface area is 78.8 Å². The van der Waals surface area contributed by atoms with Gasteiger partial charge in [0.05, 0.1) is 6.04 Å². The Morgan fingerprint density at radius 2 is 1.85 bits per heavy atom. The Morgan fingerprint density at radius 1 is 1.31 bits per heavy atom. The number of cyclic esters (lactones) is 1. The van der Waals surface area contributed by atoms with Crippen molar-refractivity contribution in [2.24, 2.45) is 16.7 Å². The Balaban J connectivity index is 2.09. The van der Waals surface area contributed by atoms with Crippen molar-refractivity contribution in [2.45, 2.75) is 33.7 Å². The lowest BCUT2D eigenvalue weighted by molar-refractivity contribution is 0.175. The van der Waals surface area contributed by atoms with Crippen LogP contribution >= 0.6 is 0 Å².